The smallest absolute Gasteiger partial charge is 0.274 e. The van der Waals surface area contributed by atoms with Crippen molar-refractivity contribution in [2.24, 2.45) is 5.92 Å². The molecule has 0 bridgehead atoms. The molecule has 3 rings (SSSR count). The number of hydrogen-bond donors (Lipinski definition) is 1. The van der Waals surface area contributed by atoms with Crippen molar-refractivity contribution in [3.8, 4) is 0 Å². The quantitative estimate of drug-likeness (QED) is 0.878. The van der Waals surface area contributed by atoms with Crippen LogP contribution in [0.3, 0.4) is 0 Å². The summed E-state index contributed by atoms with van der Waals surface area (Å²) in [6.07, 6.45) is 1.63. The molecule has 0 aliphatic carbocycles. The molecule has 6 nitrogen and oxygen atoms in total. The third kappa shape index (κ3) is 1.93. The van der Waals surface area contributed by atoms with Gasteiger partial charge in [0.2, 0.25) is 0 Å². The minimum absolute atomic E-state index is 0.0744. The van der Waals surface area contributed by atoms with Crippen LogP contribution in [0.15, 0.2) is 24.4 Å². The van der Waals surface area contributed by atoms with E-state index in [0.717, 1.165) is 13.1 Å². The molecule has 1 N–H and O–H groups in total. The molecule has 1 aliphatic heterocycles. The molecule has 104 valence electrons. The zero-order valence-corrected chi connectivity index (χ0v) is 11.5. The molecule has 1 aliphatic rings. The SMILES string of the molecule is CNC(=O)c1cccc2nc(C(=O)N3CC(C)C3)cn12. The zero-order chi connectivity index (χ0) is 14.3. The average molecular weight is 272 g/mol. The van der Waals surface area contributed by atoms with Crippen molar-refractivity contribution in [1.29, 1.82) is 0 Å². The van der Waals surface area contributed by atoms with Gasteiger partial charge in [-0.1, -0.05) is 13.0 Å². The first-order valence-electron chi connectivity index (χ1n) is 6.59. The Hall–Kier alpha value is -2.37. The van der Waals surface area contributed by atoms with Crippen molar-refractivity contribution in [3.63, 3.8) is 0 Å². The topological polar surface area (TPSA) is 66.7 Å². The van der Waals surface area contributed by atoms with Gasteiger partial charge in [0.05, 0.1) is 0 Å². The van der Waals surface area contributed by atoms with Crippen LogP contribution in [0.5, 0.6) is 0 Å². The van der Waals surface area contributed by atoms with Crippen LogP contribution in [0.4, 0.5) is 0 Å². The summed E-state index contributed by atoms with van der Waals surface area (Å²) >= 11 is 0. The van der Waals surface area contributed by atoms with Crippen molar-refractivity contribution < 1.29 is 9.59 Å². The first-order valence-corrected chi connectivity index (χ1v) is 6.59. The molecular formula is C14H16N4O2. The van der Waals surface area contributed by atoms with E-state index in [4.69, 9.17) is 0 Å². The molecule has 0 spiro atoms. The fourth-order valence-electron chi connectivity index (χ4n) is 2.45. The summed E-state index contributed by atoms with van der Waals surface area (Å²) in [5.41, 5.74) is 1.45. The van der Waals surface area contributed by atoms with Gasteiger partial charge in [-0.2, -0.15) is 0 Å². The van der Waals surface area contributed by atoms with Crippen LogP contribution in [-0.4, -0.2) is 46.2 Å². The Morgan fingerprint density at radius 3 is 2.75 bits per heavy atom. The second-order valence-corrected chi connectivity index (χ2v) is 5.16. The zero-order valence-electron chi connectivity index (χ0n) is 11.5. The minimum Gasteiger partial charge on any atom is -0.354 e. The summed E-state index contributed by atoms with van der Waals surface area (Å²) in [5.74, 6) is 0.275. The Balaban J connectivity index is 1.98. The van der Waals surface area contributed by atoms with Crippen LogP contribution in [0, 0.1) is 5.92 Å². The Kier molecular flexibility index (Phi) is 2.93. The lowest BCUT2D eigenvalue weighted by Crippen LogP contribution is -2.48. The average Bonchev–Trinajstić information content (AvgIpc) is 2.86. The third-order valence-electron chi connectivity index (χ3n) is 3.52. The fraction of sp³-hybridized carbons (Fsp3) is 0.357. The number of likely N-dealkylation sites (tertiary alicyclic amines) is 1. The molecule has 2 aromatic rings. The lowest BCUT2D eigenvalue weighted by Gasteiger charge is -2.36. The molecule has 2 amide bonds. The number of nitrogens with one attached hydrogen (secondary N) is 1. The van der Waals surface area contributed by atoms with E-state index in [0.29, 0.717) is 23.0 Å². The van der Waals surface area contributed by atoms with E-state index in [2.05, 4.69) is 17.2 Å². The van der Waals surface area contributed by atoms with Gasteiger partial charge >= 0.3 is 0 Å². The Morgan fingerprint density at radius 1 is 1.35 bits per heavy atom. The van der Waals surface area contributed by atoms with E-state index in [1.54, 1.807) is 40.7 Å². The second-order valence-electron chi connectivity index (χ2n) is 5.16. The Labute approximate surface area is 116 Å². The molecular weight excluding hydrogens is 256 g/mol. The molecule has 0 saturated carbocycles. The number of imidazole rings is 1. The van der Waals surface area contributed by atoms with E-state index < -0.39 is 0 Å². The number of hydrogen-bond acceptors (Lipinski definition) is 3. The predicted molar refractivity (Wildman–Crippen MR) is 73.6 cm³/mol. The van der Waals surface area contributed by atoms with E-state index in [9.17, 15) is 9.59 Å². The molecule has 2 aromatic heterocycles. The number of aromatic nitrogens is 2. The molecule has 6 heteroatoms. The van der Waals surface area contributed by atoms with Crippen molar-refractivity contribution in [2.45, 2.75) is 6.92 Å². The highest BCUT2D eigenvalue weighted by molar-refractivity contribution is 5.95. The van der Waals surface area contributed by atoms with Crippen LogP contribution in [0.25, 0.3) is 5.65 Å². The molecule has 1 saturated heterocycles. The normalized spacial score (nSPS) is 15.2. The van der Waals surface area contributed by atoms with Crippen molar-refractivity contribution in [1.82, 2.24) is 19.6 Å². The number of nitrogens with zero attached hydrogens (tertiary/aromatic N) is 3. The fourth-order valence-corrected chi connectivity index (χ4v) is 2.45. The highest BCUT2D eigenvalue weighted by Gasteiger charge is 2.29. The van der Waals surface area contributed by atoms with E-state index in [1.165, 1.54) is 0 Å². The number of fused-ring (bicyclic) bond motifs is 1. The molecule has 0 radical (unpaired) electrons. The lowest BCUT2D eigenvalue weighted by atomic mass is 10.0. The molecule has 3 heterocycles. The maximum atomic E-state index is 12.2. The standard InChI is InChI=1S/C14H16N4O2/c1-9-6-17(7-9)14(20)10-8-18-11(13(19)15-2)4-3-5-12(18)16-10/h3-5,8-9H,6-7H2,1-2H3,(H,15,19). The van der Waals surface area contributed by atoms with E-state index in [1.807, 2.05) is 0 Å². The van der Waals surface area contributed by atoms with Crippen molar-refractivity contribution in [3.05, 3.63) is 35.8 Å². The molecule has 0 unspecified atom stereocenters. The Morgan fingerprint density at radius 2 is 2.10 bits per heavy atom. The van der Waals surface area contributed by atoms with Crippen molar-refractivity contribution >= 4 is 17.5 Å². The summed E-state index contributed by atoms with van der Waals surface area (Å²) in [4.78, 5) is 30.1. The summed E-state index contributed by atoms with van der Waals surface area (Å²) in [5, 5.41) is 2.58. The maximum Gasteiger partial charge on any atom is 0.274 e. The van der Waals surface area contributed by atoms with Gasteiger partial charge in [-0.25, -0.2) is 4.98 Å². The van der Waals surface area contributed by atoms with E-state index >= 15 is 0 Å². The lowest BCUT2D eigenvalue weighted by molar-refractivity contribution is 0.0525. The summed E-state index contributed by atoms with van der Waals surface area (Å²) in [6.45, 7) is 3.65. The van der Waals surface area contributed by atoms with Gasteiger partial charge in [0.25, 0.3) is 11.8 Å². The van der Waals surface area contributed by atoms with Gasteiger partial charge in [-0.3, -0.25) is 14.0 Å². The number of carbonyl (C=O) groups excluding carboxylic acids is 2. The largest absolute Gasteiger partial charge is 0.354 e. The Bertz CT molecular complexity index is 686. The summed E-state index contributed by atoms with van der Waals surface area (Å²) < 4.78 is 1.65. The highest BCUT2D eigenvalue weighted by Crippen LogP contribution is 2.18. The van der Waals surface area contributed by atoms with Gasteiger partial charge in [0.15, 0.2) is 0 Å². The van der Waals surface area contributed by atoms with Crippen molar-refractivity contribution in [2.75, 3.05) is 20.1 Å². The van der Waals surface area contributed by atoms with Gasteiger partial charge in [-0.05, 0) is 18.1 Å². The van der Waals surface area contributed by atoms with Crippen LogP contribution >= 0.6 is 0 Å². The minimum atomic E-state index is -0.204. The highest BCUT2D eigenvalue weighted by atomic mass is 16.2. The van der Waals surface area contributed by atoms with E-state index in [-0.39, 0.29) is 11.8 Å². The monoisotopic (exact) mass is 272 g/mol. The second kappa shape index (κ2) is 4.63. The molecule has 20 heavy (non-hydrogen) atoms. The summed E-state index contributed by atoms with van der Waals surface area (Å²) in [6, 6.07) is 5.24. The molecule has 0 aromatic carbocycles. The third-order valence-corrected chi connectivity index (χ3v) is 3.52. The van der Waals surface area contributed by atoms with Gasteiger partial charge in [0, 0.05) is 26.3 Å². The summed E-state index contributed by atoms with van der Waals surface area (Å²) in [7, 11) is 1.58. The van der Waals surface area contributed by atoms with Crippen LogP contribution in [0.1, 0.15) is 27.9 Å². The number of rotatable bonds is 2. The number of amides is 2. The van der Waals surface area contributed by atoms with Crippen LogP contribution in [-0.2, 0) is 0 Å². The van der Waals surface area contributed by atoms with Crippen LogP contribution < -0.4 is 5.32 Å². The predicted octanol–water partition coefficient (Wildman–Crippen LogP) is 0.786. The van der Waals surface area contributed by atoms with Gasteiger partial charge in [-0.15, -0.1) is 0 Å². The first kappa shape index (κ1) is 12.7. The number of pyridine rings is 1. The van der Waals surface area contributed by atoms with Crippen LogP contribution in [0.2, 0.25) is 0 Å². The first-order chi connectivity index (χ1) is 9.60. The maximum absolute atomic E-state index is 12.2. The molecule has 0 atom stereocenters. The van der Waals surface area contributed by atoms with Gasteiger partial charge in [0.1, 0.15) is 17.0 Å². The van der Waals surface area contributed by atoms with Gasteiger partial charge < -0.3 is 10.2 Å². The number of carbonyl (C=O) groups is 2. The molecule has 1 fully saturated rings.